The third-order valence-electron chi connectivity index (χ3n) is 1.15. The number of halogens is 2. The van der Waals surface area contributed by atoms with Crippen LogP contribution in [0.1, 0.15) is 12.8 Å². The van der Waals surface area contributed by atoms with Gasteiger partial charge in [-0.2, -0.15) is 6.08 Å². The molecule has 0 bridgehead atoms. The molecule has 0 heterocycles. The van der Waals surface area contributed by atoms with E-state index in [2.05, 4.69) is 6.08 Å². The predicted molar refractivity (Wildman–Crippen MR) is 32.2 cm³/mol. The molecule has 0 fully saturated rings. The van der Waals surface area contributed by atoms with Crippen LogP contribution in [0.4, 0.5) is 0 Å². The molecule has 1 aliphatic rings. The van der Waals surface area contributed by atoms with Gasteiger partial charge in [0.2, 0.25) is 0 Å². The molecule has 0 aromatic carbocycles. The number of hydrogen-bond acceptors (Lipinski definition) is 1. The summed E-state index contributed by atoms with van der Waals surface area (Å²) in [6, 6.07) is 0. The molecule has 0 aliphatic heterocycles. The van der Waals surface area contributed by atoms with E-state index in [1.54, 1.807) is 0 Å². The maximum Gasteiger partial charge on any atom is 3.00 e. The molecular formula is C7H9Cl2OZr. The third kappa shape index (κ3) is 7.27. The van der Waals surface area contributed by atoms with E-state index in [1.165, 1.54) is 0 Å². The van der Waals surface area contributed by atoms with Crippen LogP contribution < -0.4 is 24.8 Å². The second-order valence-electron chi connectivity index (χ2n) is 1.78. The molecular weight excluding hydrogens is 262 g/mol. The number of aliphatic hydroxyl groups excluding tert-OH is 1. The third-order valence-corrected chi connectivity index (χ3v) is 1.15. The minimum absolute atomic E-state index is 0. The van der Waals surface area contributed by atoms with Crippen molar-refractivity contribution in [2.24, 2.45) is 0 Å². The van der Waals surface area contributed by atoms with Crippen LogP contribution in [-0.2, 0) is 26.2 Å². The SMILES string of the molecule is OCCC1=[C-]CC=C1.[Cl-].[Cl-].[Zr+3]. The molecule has 61 valence electrons. The van der Waals surface area contributed by atoms with Crippen molar-refractivity contribution in [3.8, 4) is 0 Å². The van der Waals surface area contributed by atoms with Crippen LogP contribution in [-0.4, -0.2) is 11.7 Å². The standard InChI is InChI=1S/C7H9O.2ClH.Zr/c8-6-5-7-3-1-2-4-7;;;/h1,3,8H,2,5-6H2;2*1H;/q-1;;;+3/p-2. The van der Waals surface area contributed by atoms with Crippen molar-refractivity contribution in [2.45, 2.75) is 12.8 Å². The molecule has 11 heavy (non-hydrogen) atoms. The summed E-state index contributed by atoms with van der Waals surface area (Å²) in [6.07, 6.45) is 8.85. The number of hydrogen-bond donors (Lipinski definition) is 1. The van der Waals surface area contributed by atoms with E-state index in [1.807, 2.05) is 12.2 Å². The van der Waals surface area contributed by atoms with Crippen LogP contribution >= 0.6 is 0 Å². The van der Waals surface area contributed by atoms with E-state index in [0.717, 1.165) is 18.4 Å². The summed E-state index contributed by atoms with van der Waals surface area (Å²) in [5.41, 5.74) is 1.15. The van der Waals surface area contributed by atoms with Crippen LogP contribution in [0.5, 0.6) is 0 Å². The van der Waals surface area contributed by atoms with E-state index in [4.69, 9.17) is 5.11 Å². The van der Waals surface area contributed by atoms with Gasteiger partial charge < -0.3 is 29.9 Å². The van der Waals surface area contributed by atoms with Crippen molar-refractivity contribution in [1.29, 1.82) is 0 Å². The molecule has 1 radical (unpaired) electrons. The van der Waals surface area contributed by atoms with Gasteiger partial charge in [-0.25, -0.2) is 11.6 Å². The summed E-state index contributed by atoms with van der Waals surface area (Å²) >= 11 is 0. The zero-order valence-corrected chi connectivity index (χ0v) is 9.95. The first-order valence-electron chi connectivity index (χ1n) is 2.80. The monoisotopic (exact) mass is 269 g/mol. The number of aliphatic hydroxyl groups is 1. The Morgan fingerprint density at radius 3 is 2.45 bits per heavy atom. The van der Waals surface area contributed by atoms with Crippen molar-refractivity contribution < 1.29 is 56.1 Å². The van der Waals surface area contributed by atoms with Crippen LogP contribution in [0.3, 0.4) is 0 Å². The Morgan fingerprint density at radius 1 is 1.45 bits per heavy atom. The Balaban J connectivity index is -0.000000213. The second-order valence-corrected chi connectivity index (χ2v) is 1.78. The summed E-state index contributed by atoms with van der Waals surface area (Å²) in [5.74, 6) is 0. The maximum absolute atomic E-state index is 8.43. The van der Waals surface area contributed by atoms with E-state index < -0.39 is 0 Å². The summed E-state index contributed by atoms with van der Waals surface area (Å²) in [6.45, 7) is 0.243. The average molecular weight is 271 g/mol. The first kappa shape index (κ1) is 17.9. The molecule has 0 aromatic rings. The fourth-order valence-corrected chi connectivity index (χ4v) is 0.742. The topological polar surface area (TPSA) is 20.2 Å². The molecule has 1 N–H and O–H groups in total. The first-order valence-corrected chi connectivity index (χ1v) is 2.80. The largest absolute Gasteiger partial charge is 3.00 e. The summed E-state index contributed by atoms with van der Waals surface area (Å²) in [7, 11) is 0. The second kappa shape index (κ2) is 10.9. The fourth-order valence-electron chi connectivity index (χ4n) is 0.742. The Morgan fingerprint density at radius 2 is 2.09 bits per heavy atom. The molecule has 1 rings (SSSR count). The summed E-state index contributed by atoms with van der Waals surface area (Å²) in [5, 5.41) is 8.43. The predicted octanol–water partition coefficient (Wildman–Crippen LogP) is -4.94. The van der Waals surface area contributed by atoms with Crippen molar-refractivity contribution in [3.63, 3.8) is 0 Å². The maximum atomic E-state index is 8.43. The molecule has 0 amide bonds. The van der Waals surface area contributed by atoms with Gasteiger partial charge in [0.25, 0.3) is 0 Å². The van der Waals surface area contributed by atoms with Gasteiger partial charge >= 0.3 is 26.2 Å². The molecule has 0 saturated carbocycles. The zero-order chi connectivity index (χ0) is 5.82. The smallest absolute Gasteiger partial charge is 1.00 e. The normalized spacial score (nSPS) is 12.3. The van der Waals surface area contributed by atoms with Gasteiger partial charge in [0, 0.05) is 6.61 Å². The first-order chi connectivity index (χ1) is 3.93. The van der Waals surface area contributed by atoms with Crippen molar-refractivity contribution >= 4 is 0 Å². The van der Waals surface area contributed by atoms with Crippen LogP contribution in [0.15, 0.2) is 17.7 Å². The molecule has 0 atom stereocenters. The average Bonchev–Trinajstić information content (AvgIpc) is 2.19. The molecule has 0 spiro atoms. The van der Waals surface area contributed by atoms with Crippen molar-refractivity contribution in [1.82, 2.24) is 0 Å². The van der Waals surface area contributed by atoms with Gasteiger partial charge in [0.05, 0.1) is 0 Å². The van der Waals surface area contributed by atoms with E-state index in [0.29, 0.717) is 0 Å². The Kier molecular flexibility index (Phi) is 17.7. The summed E-state index contributed by atoms with van der Waals surface area (Å²) in [4.78, 5) is 0. The molecule has 0 aromatic heterocycles. The molecule has 1 aliphatic carbocycles. The van der Waals surface area contributed by atoms with Crippen LogP contribution in [0, 0.1) is 6.08 Å². The molecule has 0 saturated heterocycles. The van der Waals surface area contributed by atoms with Crippen LogP contribution in [0.2, 0.25) is 0 Å². The van der Waals surface area contributed by atoms with E-state index in [9.17, 15) is 0 Å². The quantitative estimate of drug-likeness (QED) is 0.499. The van der Waals surface area contributed by atoms with Crippen molar-refractivity contribution in [2.75, 3.05) is 6.61 Å². The minimum atomic E-state index is 0. The van der Waals surface area contributed by atoms with E-state index >= 15 is 0 Å². The number of allylic oxidation sites excluding steroid dienone is 3. The fraction of sp³-hybridized carbons (Fsp3) is 0.429. The van der Waals surface area contributed by atoms with Gasteiger partial charge in [0.1, 0.15) is 0 Å². The molecule has 1 nitrogen and oxygen atoms in total. The van der Waals surface area contributed by atoms with Gasteiger partial charge in [-0.15, -0.1) is 6.42 Å². The van der Waals surface area contributed by atoms with Gasteiger partial charge in [0.15, 0.2) is 0 Å². The van der Waals surface area contributed by atoms with E-state index in [-0.39, 0.29) is 57.6 Å². The Hall–Kier alpha value is 0.903. The molecule has 0 unspecified atom stereocenters. The van der Waals surface area contributed by atoms with Gasteiger partial charge in [-0.3, -0.25) is 6.08 Å². The Bertz CT molecular complexity index is 134. The van der Waals surface area contributed by atoms with Crippen molar-refractivity contribution in [3.05, 3.63) is 23.8 Å². The number of rotatable bonds is 2. The van der Waals surface area contributed by atoms with Crippen LogP contribution in [0.25, 0.3) is 0 Å². The minimum Gasteiger partial charge on any atom is -1.00 e. The summed E-state index contributed by atoms with van der Waals surface area (Å²) < 4.78 is 0. The Labute approximate surface area is 98.9 Å². The molecule has 4 heteroatoms. The van der Waals surface area contributed by atoms with Gasteiger partial charge in [-0.1, -0.05) is 0 Å². The van der Waals surface area contributed by atoms with Gasteiger partial charge in [-0.05, 0) is 6.42 Å². The zero-order valence-electron chi connectivity index (χ0n) is 5.98.